The molecule has 0 aliphatic carbocycles. The molecule has 0 atom stereocenters. The van der Waals surface area contributed by atoms with Crippen LogP contribution in [-0.2, 0) is 0 Å². The average molecular weight is 293 g/mol. The molecule has 2 N–H and O–H groups in total. The van der Waals surface area contributed by atoms with Gasteiger partial charge in [-0.2, -0.15) is 0 Å². The van der Waals surface area contributed by atoms with Crippen LogP contribution >= 0.6 is 0 Å². The fourth-order valence-electron chi connectivity index (χ4n) is 1.92. The predicted octanol–water partition coefficient (Wildman–Crippen LogP) is 1.39. The van der Waals surface area contributed by atoms with Crippen molar-refractivity contribution in [1.29, 1.82) is 0 Å². The maximum atomic E-state index is 3.98. The summed E-state index contributed by atoms with van der Waals surface area (Å²) in [6, 6.07) is 0. The molecule has 0 aliphatic heterocycles. The summed E-state index contributed by atoms with van der Waals surface area (Å²) in [5, 5.41) is 0. The molecule has 0 radical (unpaired) electrons. The molecule has 0 fully saturated rings. The predicted molar refractivity (Wildman–Crippen MR) is 86.1 cm³/mol. The Morgan fingerprint density at radius 2 is 0.824 bits per heavy atom. The van der Waals surface area contributed by atoms with Crippen molar-refractivity contribution >= 4 is 25.2 Å². The van der Waals surface area contributed by atoms with Gasteiger partial charge in [0.1, 0.15) is 16.5 Å². The summed E-state index contributed by atoms with van der Waals surface area (Å²) in [5.74, 6) is 0. The van der Waals surface area contributed by atoms with Gasteiger partial charge in [-0.25, -0.2) is 0 Å². The lowest BCUT2D eigenvalue weighted by Gasteiger charge is -2.48. The molecule has 0 spiro atoms. The van der Waals surface area contributed by atoms with Crippen molar-refractivity contribution in [2.45, 2.75) is 39.3 Å². The second kappa shape index (κ2) is 5.64. The van der Waals surface area contributed by atoms with Crippen LogP contribution in [-0.4, -0.2) is 62.5 Å². The third kappa shape index (κ3) is 5.77. The van der Waals surface area contributed by atoms with Gasteiger partial charge in [-0.05, 0) is 28.2 Å². The molecular formula is C10H32N4Si3. The first-order chi connectivity index (χ1) is 7.30. The Labute approximate surface area is 111 Å². The monoisotopic (exact) mass is 292 g/mol. The van der Waals surface area contributed by atoms with Crippen LogP contribution in [0.25, 0.3) is 0 Å². The van der Waals surface area contributed by atoms with Gasteiger partial charge in [0.05, 0.1) is 0 Å². The van der Waals surface area contributed by atoms with E-state index in [1.165, 1.54) is 0 Å². The van der Waals surface area contributed by atoms with E-state index < -0.39 is 25.2 Å². The highest BCUT2D eigenvalue weighted by Crippen LogP contribution is 2.11. The van der Waals surface area contributed by atoms with Crippen LogP contribution in [0.1, 0.15) is 0 Å². The topological polar surface area (TPSA) is 30.5 Å². The van der Waals surface area contributed by atoms with Gasteiger partial charge >= 0.3 is 8.72 Å². The van der Waals surface area contributed by atoms with E-state index in [2.05, 4.69) is 85.9 Å². The first kappa shape index (κ1) is 17.5. The van der Waals surface area contributed by atoms with Crippen LogP contribution in [0.3, 0.4) is 0 Å². The molecule has 0 aromatic heterocycles. The Kier molecular flexibility index (Phi) is 5.80. The molecule has 4 nitrogen and oxygen atoms in total. The minimum Gasteiger partial charge on any atom is -0.322 e. The molecule has 0 saturated carbocycles. The van der Waals surface area contributed by atoms with E-state index >= 15 is 0 Å². The van der Waals surface area contributed by atoms with E-state index in [-0.39, 0.29) is 0 Å². The van der Waals surface area contributed by atoms with Crippen LogP contribution in [0.5, 0.6) is 0 Å². The average Bonchev–Trinajstić information content (AvgIpc) is 1.96. The summed E-state index contributed by atoms with van der Waals surface area (Å²) in [6.07, 6.45) is 0. The van der Waals surface area contributed by atoms with Crippen molar-refractivity contribution < 1.29 is 0 Å². The molecule has 0 aromatic carbocycles. The standard InChI is InChI=1S/C10H32N4Si3/c1-13(2)17(14(3)4,11-15(5,6)7)12-16(8,9)10/h11-12H,1-10H3. The van der Waals surface area contributed by atoms with Crippen LogP contribution in [0.2, 0.25) is 39.3 Å². The first-order valence-electron chi connectivity index (χ1n) is 6.24. The SMILES string of the molecule is CN(C)[Si](N[Si](C)(C)C)(N[Si](C)(C)C)N(C)C. The van der Waals surface area contributed by atoms with Crippen molar-refractivity contribution in [3.63, 3.8) is 0 Å². The van der Waals surface area contributed by atoms with E-state index in [0.717, 1.165) is 0 Å². The quantitative estimate of drug-likeness (QED) is 0.725. The van der Waals surface area contributed by atoms with E-state index in [1.807, 2.05) is 0 Å². The van der Waals surface area contributed by atoms with Crippen molar-refractivity contribution in [2.24, 2.45) is 0 Å². The number of hydrogen-bond donors (Lipinski definition) is 2. The molecule has 0 amide bonds. The second-order valence-corrected chi connectivity index (χ2v) is 21.3. The molecule has 0 bridgehead atoms. The third-order valence-corrected chi connectivity index (χ3v) is 13.8. The summed E-state index contributed by atoms with van der Waals surface area (Å²) in [6.45, 7) is 14.2. The minimum atomic E-state index is -1.93. The molecule has 0 rings (SSSR count). The molecule has 17 heavy (non-hydrogen) atoms. The molecule has 0 aliphatic rings. The van der Waals surface area contributed by atoms with Gasteiger partial charge in [-0.1, -0.05) is 39.3 Å². The molecule has 0 aromatic rings. The zero-order valence-electron chi connectivity index (χ0n) is 13.4. The second-order valence-electron chi connectivity index (χ2n) is 7.21. The van der Waals surface area contributed by atoms with Gasteiger partial charge in [0.15, 0.2) is 0 Å². The van der Waals surface area contributed by atoms with Gasteiger partial charge in [0, 0.05) is 0 Å². The largest absolute Gasteiger partial charge is 0.357 e. The summed E-state index contributed by atoms with van der Waals surface area (Å²) in [4.78, 5) is 0. The lowest BCUT2D eigenvalue weighted by molar-refractivity contribution is 0.459. The van der Waals surface area contributed by atoms with Gasteiger partial charge in [-0.3, -0.25) is 9.13 Å². The van der Waals surface area contributed by atoms with Crippen molar-refractivity contribution in [3.05, 3.63) is 0 Å². The van der Waals surface area contributed by atoms with E-state index in [9.17, 15) is 0 Å². The molecule has 104 valence electrons. The Bertz CT molecular complexity index is 217. The van der Waals surface area contributed by atoms with Gasteiger partial charge in [-0.15, -0.1) is 0 Å². The Morgan fingerprint density at radius 1 is 0.588 bits per heavy atom. The number of nitrogens with zero attached hydrogens (tertiary/aromatic N) is 2. The Morgan fingerprint density at radius 3 is 0.941 bits per heavy atom. The molecule has 0 saturated heterocycles. The maximum absolute atomic E-state index is 3.98. The van der Waals surface area contributed by atoms with E-state index in [0.29, 0.717) is 0 Å². The van der Waals surface area contributed by atoms with Crippen LogP contribution in [0.15, 0.2) is 0 Å². The number of hydrogen-bond acceptors (Lipinski definition) is 4. The van der Waals surface area contributed by atoms with Gasteiger partial charge < -0.3 is 9.30 Å². The molecule has 0 heterocycles. The lowest BCUT2D eigenvalue weighted by atomic mass is 11.3. The summed E-state index contributed by atoms with van der Waals surface area (Å²) >= 11 is 0. The smallest absolute Gasteiger partial charge is 0.322 e. The zero-order chi connectivity index (χ0) is 14.1. The lowest BCUT2D eigenvalue weighted by Crippen LogP contribution is -2.85. The van der Waals surface area contributed by atoms with Gasteiger partial charge in [0.2, 0.25) is 0 Å². The minimum absolute atomic E-state index is 1.33. The van der Waals surface area contributed by atoms with Crippen LogP contribution in [0, 0.1) is 0 Å². The van der Waals surface area contributed by atoms with Crippen molar-refractivity contribution in [3.8, 4) is 0 Å². The van der Waals surface area contributed by atoms with Gasteiger partial charge in [0.25, 0.3) is 0 Å². The highest BCUT2D eigenvalue weighted by molar-refractivity contribution is 6.94. The number of nitrogens with one attached hydrogen (secondary N) is 2. The Balaban J connectivity index is 5.30. The first-order valence-corrected chi connectivity index (χ1v) is 15.1. The maximum Gasteiger partial charge on any atom is 0.357 e. The highest BCUT2D eigenvalue weighted by atomic mass is 28.5. The summed E-state index contributed by atoms with van der Waals surface area (Å²) in [5.41, 5.74) is 0. The van der Waals surface area contributed by atoms with Crippen molar-refractivity contribution in [1.82, 2.24) is 18.4 Å². The van der Waals surface area contributed by atoms with Crippen LogP contribution < -0.4 is 9.30 Å². The zero-order valence-corrected chi connectivity index (χ0v) is 16.4. The summed E-state index contributed by atoms with van der Waals surface area (Å²) < 4.78 is 12.7. The highest BCUT2D eigenvalue weighted by Gasteiger charge is 2.46. The van der Waals surface area contributed by atoms with Crippen molar-refractivity contribution in [2.75, 3.05) is 28.2 Å². The molecular weight excluding hydrogens is 260 g/mol. The molecule has 0 unspecified atom stereocenters. The van der Waals surface area contributed by atoms with E-state index in [4.69, 9.17) is 0 Å². The normalized spacial score (nSPS) is 14.8. The fraction of sp³-hybridized carbons (Fsp3) is 1.00. The van der Waals surface area contributed by atoms with E-state index in [1.54, 1.807) is 0 Å². The Hall–Kier alpha value is 0.491. The number of rotatable bonds is 6. The van der Waals surface area contributed by atoms with Crippen LogP contribution in [0.4, 0.5) is 0 Å². The third-order valence-electron chi connectivity index (χ3n) is 2.39. The fourth-order valence-corrected chi connectivity index (χ4v) is 15.5. The molecule has 7 heteroatoms. The summed E-state index contributed by atoms with van der Waals surface area (Å²) in [7, 11) is 4.16.